The maximum Gasteiger partial charge on any atom is 0.243 e. The Morgan fingerprint density at radius 1 is 1.19 bits per heavy atom. The minimum atomic E-state index is -3.46. The fourth-order valence-electron chi connectivity index (χ4n) is 3.40. The molecule has 0 saturated carbocycles. The van der Waals surface area contributed by atoms with Gasteiger partial charge in [-0.25, -0.2) is 13.4 Å². The Bertz CT molecular complexity index is 1190. The first-order chi connectivity index (χ1) is 14.9. The predicted molar refractivity (Wildman–Crippen MR) is 121 cm³/mol. The summed E-state index contributed by atoms with van der Waals surface area (Å²) in [6, 6.07) is 11.9. The average molecular weight is 461 g/mol. The molecule has 1 amide bonds. The zero-order valence-corrected chi connectivity index (χ0v) is 18.9. The lowest BCUT2D eigenvalue weighted by Gasteiger charge is -2.16. The van der Waals surface area contributed by atoms with E-state index in [9.17, 15) is 13.2 Å². The van der Waals surface area contributed by atoms with Crippen LogP contribution in [0.5, 0.6) is 5.75 Å². The molecular weight excluding hydrogens is 436 g/mol. The summed E-state index contributed by atoms with van der Waals surface area (Å²) >= 11 is 1.31. The van der Waals surface area contributed by atoms with Gasteiger partial charge in [-0.2, -0.15) is 4.31 Å². The number of aromatic nitrogens is 2. The summed E-state index contributed by atoms with van der Waals surface area (Å²) in [5.74, 6) is 0.534. The van der Waals surface area contributed by atoms with Gasteiger partial charge in [0.25, 0.3) is 0 Å². The standard InChI is InChI=1S/C21H24N4O4S2/c1-14(30-21-23-18-10-7-16(29-2)13-19(18)24-21)20(26)22-15-5-8-17(9-6-15)31(27,28)25-11-3-4-12-25/h5-10,13-14H,3-4,11-12H2,1-2H3,(H,22,26)(H,23,24)/t14-/m1/s1. The largest absolute Gasteiger partial charge is 0.497 e. The van der Waals surface area contributed by atoms with Gasteiger partial charge in [0.1, 0.15) is 5.75 Å². The molecule has 2 N–H and O–H groups in total. The van der Waals surface area contributed by atoms with Crippen LogP contribution >= 0.6 is 11.8 Å². The van der Waals surface area contributed by atoms with Crippen molar-refractivity contribution in [1.29, 1.82) is 0 Å². The van der Waals surface area contributed by atoms with Crippen LogP contribution in [0, 0.1) is 0 Å². The van der Waals surface area contributed by atoms with Crippen molar-refractivity contribution in [1.82, 2.24) is 14.3 Å². The number of benzene rings is 2. The van der Waals surface area contributed by atoms with Crippen LogP contribution in [0.4, 0.5) is 5.69 Å². The van der Waals surface area contributed by atoms with E-state index in [0.29, 0.717) is 23.9 Å². The minimum Gasteiger partial charge on any atom is -0.497 e. The number of H-pyrrole nitrogens is 1. The molecule has 1 saturated heterocycles. The molecule has 0 aliphatic carbocycles. The number of nitrogens with one attached hydrogen (secondary N) is 2. The summed E-state index contributed by atoms with van der Waals surface area (Å²) in [6.07, 6.45) is 1.78. The Morgan fingerprint density at radius 3 is 2.58 bits per heavy atom. The van der Waals surface area contributed by atoms with Gasteiger partial charge in [-0.05, 0) is 56.2 Å². The molecule has 1 aromatic heterocycles. The number of nitrogens with zero attached hydrogens (tertiary/aromatic N) is 2. The first kappa shape index (κ1) is 21.7. The Hall–Kier alpha value is -2.56. The Morgan fingerprint density at radius 2 is 1.90 bits per heavy atom. The minimum absolute atomic E-state index is 0.196. The average Bonchev–Trinajstić information content (AvgIpc) is 3.43. The van der Waals surface area contributed by atoms with E-state index in [0.717, 1.165) is 29.6 Å². The third-order valence-electron chi connectivity index (χ3n) is 5.15. The molecule has 2 aromatic carbocycles. The number of amides is 1. The molecule has 0 radical (unpaired) electrons. The Balaban J connectivity index is 1.39. The van der Waals surface area contributed by atoms with Crippen molar-refractivity contribution in [2.24, 2.45) is 0 Å². The number of ether oxygens (including phenoxy) is 1. The quantitative estimate of drug-likeness (QED) is 0.523. The molecule has 164 valence electrons. The van der Waals surface area contributed by atoms with E-state index in [4.69, 9.17) is 4.74 Å². The highest BCUT2D eigenvalue weighted by molar-refractivity contribution is 8.00. The monoisotopic (exact) mass is 460 g/mol. The molecular formula is C21H24N4O4S2. The Labute approximate surface area is 185 Å². The van der Waals surface area contributed by atoms with Crippen LogP contribution in [-0.2, 0) is 14.8 Å². The lowest BCUT2D eigenvalue weighted by atomic mass is 10.3. The van der Waals surface area contributed by atoms with E-state index < -0.39 is 15.3 Å². The zero-order valence-electron chi connectivity index (χ0n) is 17.3. The highest BCUT2D eigenvalue weighted by Gasteiger charge is 2.27. The lowest BCUT2D eigenvalue weighted by molar-refractivity contribution is -0.115. The third kappa shape index (κ3) is 4.70. The van der Waals surface area contributed by atoms with Crippen molar-refractivity contribution in [2.45, 2.75) is 35.1 Å². The van der Waals surface area contributed by atoms with Crippen LogP contribution in [0.3, 0.4) is 0 Å². The SMILES string of the molecule is COc1ccc2nc(S[C@H](C)C(=O)Nc3ccc(S(=O)(=O)N4CCCC4)cc3)[nH]c2c1. The number of hydrogen-bond donors (Lipinski definition) is 2. The molecule has 4 rings (SSSR count). The second-order valence-electron chi connectivity index (χ2n) is 7.31. The van der Waals surface area contributed by atoms with Crippen molar-refractivity contribution in [2.75, 3.05) is 25.5 Å². The van der Waals surface area contributed by atoms with E-state index in [-0.39, 0.29) is 10.8 Å². The number of thioether (sulfide) groups is 1. The predicted octanol–water partition coefficient (Wildman–Crippen LogP) is 3.48. The number of sulfonamides is 1. The van der Waals surface area contributed by atoms with Crippen LogP contribution in [-0.4, -0.2) is 54.0 Å². The molecule has 0 bridgehead atoms. The van der Waals surface area contributed by atoms with Gasteiger partial charge in [0.05, 0.1) is 28.3 Å². The highest BCUT2D eigenvalue weighted by Crippen LogP contribution is 2.27. The van der Waals surface area contributed by atoms with E-state index in [2.05, 4.69) is 15.3 Å². The molecule has 0 spiro atoms. The topological polar surface area (TPSA) is 104 Å². The van der Waals surface area contributed by atoms with Gasteiger partial charge >= 0.3 is 0 Å². The molecule has 8 nitrogen and oxygen atoms in total. The van der Waals surface area contributed by atoms with Crippen LogP contribution in [0.2, 0.25) is 0 Å². The first-order valence-corrected chi connectivity index (χ1v) is 12.3. The number of carbonyl (C=O) groups is 1. The summed E-state index contributed by atoms with van der Waals surface area (Å²) in [6.45, 7) is 2.91. The summed E-state index contributed by atoms with van der Waals surface area (Å²) in [4.78, 5) is 20.5. The van der Waals surface area contributed by atoms with E-state index >= 15 is 0 Å². The molecule has 31 heavy (non-hydrogen) atoms. The van der Waals surface area contributed by atoms with Gasteiger partial charge in [-0.15, -0.1) is 0 Å². The van der Waals surface area contributed by atoms with Crippen LogP contribution in [0.1, 0.15) is 19.8 Å². The van der Waals surface area contributed by atoms with E-state index in [1.807, 2.05) is 18.2 Å². The number of carbonyl (C=O) groups excluding carboxylic acids is 1. The van der Waals surface area contributed by atoms with Crippen LogP contribution < -0.4 is 10.1 Å². The van der Waals surface area contributed by atoms with Crippen molar-refractivity contribution in [3.8, 4) is 5.75 Å². The second kappa shape index (κ2) is 8.89. The first-order valence-electron chi connectivity index (χ1n) is 9.98. The number of hydrogen-bond acceptors (Lipinski definition) is 6. The molecule has 10 heteroatoms. The maximum atomic E-state index is 12.6. The number of imidazole rings is 1. The second-order valence-corrected chi connectivity index (χ2v) is 10.6. The summed E-state index contributed by atoms with van der Waals surface area (Å²) in [7, 11) is -1.86. The number of anilines is 1. The third-order valence-corrected chi connectivity index (χ3v) is 8.05. The molecule has 1 aliphatic heterocycles. The summed E-state index contributed by atoms with van der Waals surface area (Å²) in [5, 5.41) is 3.06. The van der Waals surface area contributed by atoms with Crippen molar-refractivity contribution in [3.63, 3.8) is 0 Å². The normalized spacial score (nSPS) is 15.8. The van der Waals surface area contributed by atoms with Crippen LogP contribution in [0.25, 0.3) is 11.0 Å². The van der Waals surface area contributed by atoms with E-state index in [1.165, 1.54) is 28.2 Å². The smallest absolute Gasteiger partial charge is 0.243 e. The van der Waals surface area contributed by atoms with Gasteiger partial charge in [0.2, 0.25) is 15.9 Å². The number of aromatic amines is 1. The van der Waals surface area contributed by atoms with Crippen LogP contribution in [0.15, 0.2) is 52.5 Å². The molecule has 1 atom stereocenters. The van der Waals surface area contributed by atoms with E-state index in [1.54, 1.807) is 26.2 Å². The fourth-order valence-corrected chi connectivity index (χ4v) is 5.74. The van der Waals surface area contributed by atoms with Gasteiger partial charge in [-0.1, -0.05) is 11.8 Å². The highest BCUT2D eigenvalue weighted by atomic mass is 32.2. The number of rotatable bonds is 7. The molecule has 2 heterocycles. The number of fused-ring (bicyclic) bond motifs is 1. The molecule has 3 aromatic rings. The fraction of sp³-hybridized carbons (Fsp3) is 0.333. The number of methoxy groups -OCH3 is 1. The zero-order chi connectivity index (χ0) is 22.0. The molecule has 1 fully saturated rings. The Kier molecular flexibility index (Phi) is 6.22. The summed E-state index contributed by atoms with van der Waals surface area (Å²) < 4.78 is 31.9. The summed E-state index contributed by atoms with van der Waals surface area (Å²) in [5.41, 5.74) is 2.18. The van der Waals surface area contributed by atoms with Gasteiger partial charge in [0, 0.05) is 24.8 Å². The lowest BCUT2D eigenvalue weighted by Crippen LogP contribution is -2.27. The van der Waals surface area contributed by atoms with Crippen molar-refractivity contribution < 1.29 is 17.9 Å². The van der Waals surface area contributed by atoms with Crippen molar-refractivity contribution >= 4 is 44.4 Å². The van der Waals surface area contributed by atoms with Gasteiger partial charge in [0.15, 0.2) is 5.16 Å². The maximum absolute atomic E-state index is 12.6. The van der Waals surface area contributed by atoms with Gasteiger partial charge < -0.3 is 15.0 Å². The molecule has 0 unspecified atom stereocenters. The molecule has 1 aliphatic rings. The van der Waals surface area contributed by atoms with Gasteiger partial charge in [-0.3, -0.25) is 4.79 Å². The van der Waals surface area contributed by atoms with Crippen molar-refractivity contribution in [3.05, 3.63) is 42.5 Å².